The van der Waals surface area contributed by atoms with E-state index in [4.69, 9.17) is 0 Å². The highest BCUT2D eigenvalue weighted by atomic mass is 16.2. The normalized spacial score (nSPS) is 22.0. The third-order valence-corrected chi connectivity index (χ3v) is 5.65. The molecule has 3 nitrogen and oxygen atoms in total. The molecular formula is C22H23NO2. The van der Waals surface area contributed by atoms with Gasteiger partial charge in [-0.25, -0.2) is 0 Å². The second-order valence-corrected chi connectivity index (χ2v) is 7.08. The zero-order chi connectivity index (χ0) is 17.4. The molecule has 2 atom stereocenters. The Morgan fingerprint density at radius 3 is 2.76 bits per heavy atom. The van der Waals surface area contributed by atoms with Crippen LogP contribution in [0.25, 0.3) is 0 Å². The van der Waals surface area contributed by atoms with Crippen molar-refractivity contribution in [3.63, 3.8) is 0 Å². The predicted molar refractivity (Wildman–Crippen MR) is 98.3 cm³/mol. The molecule has 0 heterocycles. The Hall–Kier alpha value is -2.26. The molecule has 2 aromatic rings. The second kappa shape index (κ2) is 6.57. The molecule has 2 unspecified atom stereocenters. The van der Waals surface area contributed by atoms with Crippen LogP contribution >= 0.6 is 0 Å². The van der Waals surface area contributed by atoms with Crippen molar-refractivity contribution >= 4 is 11.6 Å². The molecule has 0 aromatic heterocycles. The number of carbonyl (C=O) groups excluding carboxylic acids is 2. The molecule has 0 aliphatic heterocycles. The third kappa shape index (κ3) is 2.63. The summed E-state index contributed by atoms with van der Waals surface area (Å²) in [5.74, 6) is -0.669. The number of ketones is 2. The molecule has 2 aliphatic rings. The van der Waals surface area contributed by atoms with Gasteiger partial charge in [-0.05, 0) is 61.5 Å². The summed E-state index contributed by atoms with van der Waals surface area (Å²) < 4.78 is 0. The van der Waals surface area contributed by atoms with E-state index in [1.807, 2.05) is 43.4 Å². The van der Waals surface area contributed by atoms with Gasteiger partial charge in [0.15, 0.2) is 11.6 Å². The van der Waals surface area contributed by atoms with Gasteiger partial charge in [-0.15, -0.1) is 0 Å². The number of nitrogens with one attached hydrogen (secondary N) is 1. The number of hydrogen-bond donors (Lipinski definition) is 1. The first kappa shape index (κ1) is 16.2. The average Bonchev–Trinajstić information content (AvgIpc) is 2.65. The monoisotopic (exact) mass is 333 g/mol. The lowest BCUT2D eigenvalue weighted by Gasteiger charge is -2.34. The Morgan fingerprint density at radius 1 is 1.08 bits per heavy atom. The first-order valence-corrected chi connectivity index (χ1v) is 9.14. The fourth-order valence-corrected chi connectivity index (χ4v) is 4.47. The van der Waals surface area contributed by atoms with Gasteiger partial charge in [0.2, 0.25) is 0 Å². The molecular weight excluding hydrogens is 310 g/mol. The molecule has 0 saturated heterocycles. The van der Waals surface area contributed by atoms with Crippen LogP contribution in [0.5, 0.6) is 0 Å². The zero-order valence-corrected chi connectivity index (χ0v) is 14.5. The van der Waals surface area contributed by atoms with Crippen molar-refractivity contribution in [1.29, 1.82) is 0 Å². The topological polar surface area (TPSA) is 46.2 Å². The van der Waals surface area contributed by atoms with Crippen LogP contribution in [0.4, 0.5) is 0 Å². The molecule has 0 amide bonds. The van der Waals surface area contributed by atoms with E-state index in [2.05, 4.69) is 11.4 Å². The maximum Gasteiger partial charge on any atom is 0.178 e. The van der Waals surface area contributed by atoms with Crippen LogP contribution in [-0.4, -0.2) is 25.2 Å². The lowest BCUT2D eigenvalue weighted by Crippen LogP contribution is -2.36. The quantitative estimate of drug-likeness (QED) is 0.872. The number of likely N-dealkylation sites (N-methyl/N-ethyl adjacent to an activating group) is 1. The summed E-state index contributed by atoms with van der Waals surface area (Å²) in [4.78, 5) is 26.6. The highest BCUT2D eigenvalue weighted by Gasteiger charge is 2.44. The summed E-state index contributed by atoms with van der Waals surface area (Å²) in [7, 11) is 1.92. The maximum atomic E-state index is 13.3. The molecule has 0 radical (unpaired) electrons. The molecule has 0 spiro atoms. The van der Waals surface area contributed by atoms with Gasteiger partial charge in [0.05, 0.1) is 0 Å². The van der Waals surface area contributed by atoms with Crippen LogP contribution in [0, 0.1) is 0 Å². The SMILES string of the molecule is CNCCc1ccccc1C1C(=O)c2cccc3c2C(CCC3)C1=O. The Labute approximate surface area is 148 Å². The van der Waals surface area contributed by atoms with E-state index < -0.39 is 5.92 Å². The summed E-state index contributed by atoms with van der Waals surface area (Å²) in [6.45, 7) is 0.830. The van der Waals surface area contributed by atoms with Gasteiger partial charge in [-0.1, -0.05) is 42.5 Å². The third-order valence-electron chi connectivity index (χ3n) is 5.65. The van der Waals surface area contributed by atoms with Crippen molar-refractivity contribution < 1.29 is 9.59 Å². The highest BCUT2D eigenvalue weighted by molar-refractivity contribution is 6.21. The first-order valence-electron chi connectivity index (χ1n) is 9.14. The smallest absolute Gasteiger partial charge is 0.178 e. The summed E-state index contributed by atoms with van der Waals surface area (Å²) >= 11 is 0. The second-order valence-electron chi connectivity index (χ2n) is 7.08. The molecule has 0 bridgehead atoms. The van der Waals surface area contributed by atoms with Crippen molar-refractivity contribution in [2.24, 2.45) is 0 Å². The van der Waals surface area contributed by atoms with Gasteiger partial charge in [0.25, 0.3) is 0 Å². The zero-order valence-electron chi connectivity index (χ0n) is 14.5. The number of rotatable bonds is 4. The van der Waals surface area contributed by atoms with Crippen LogP contribution < -0.4 is 5.32 Å². The van der Waals surface area contributed by atoms with Crippen molar-refractivity contribution in [3.05, 3.63) is 70.3 Å². The van der Waals surface area contributed by atoms with Gasteiger partial charge in [-0.2, -0.15) is 0 Å². The minimum absolute atomic E-state index is 0.0168. The fourth-order valence-electron chi connectivity index (χ4n) is 4.47. The molecule has 25 heavy (non-hydrogen) atoms. The number of Topliss-reactive ketones (excluding diaryl/α,β-unsaturated/α-hetero) is 2. The predicted octanol–water partition coefficient (Wildman–Crippen LogP) is 3.42. The van der Waals surface area contributed by atoms with Gasteiger partial charge in [0.1, 0.15) is 5.92 Å². The molecule has 128 valence electrons. The number of benzene rings is 2. The summed E-state index contributed by atoms with van der Waals surface area (Å²) in [6, 6.07) is 13.9. The van der Waals surface area contributed by atoms with Crippen LogP contribution in [0.1, 0.15) is 57.3 Å². The van der Waals surface area contributed by atoms with E-state index >= 15 is 0 Å². The molecule has 3 heteroatoms. The van der Waals surface area contributed by atoms with E-state index in [1.165, 1.54) is 5.56 Å². The van der Waals surface area contributed by atoms with Crippen LogP contribution in [0.2, 0.25) is 0 Å². The summed E-state index contributed by atoms with van der Waals surface area (Å²) in [6.07, 6.45) is 3.69. The fraction of sp³-hybridized carbons (Fsp3) is 0.364. The van der Waals surface area contributed by atoms with Crippen LogP contribution in [0.3, 0.4) is 0 Å². The van der Waals surface area contributed by atoms with E-state index in [1.54, 1.807) is 0 Å². The lowest BCUT2D eigenvalue weighted by atomic mass is 9.66. The van der Waals surface area contributed by atoms with Crippen molar-refractivity contribution in [2.45, 2.75) is 37.5 Å². The molecule has 4 rings (SSSR count). The van der Waals surface area contributed by atoms with Gasteiger partial charge in [0, 0.05) is 11.5 Å². The van der Waals surface area contributed by atoms with Gasteiger partial charge in [-0.3, -0.25) is 9.59 Å². The number of carbonyl (C=O) groups is 2. The summed E-state index contributed by atoms with van der Waals surface area (Å²) in [5.41, 5.74) is 4.98. The number of hydrogen-bond acceptors (Lipinski definition) is 3. The lowest BCUT2D eigenvalue weighted by molar-refractivity contribution is -0.121. The van der Waals surface area contributed by atoms with Crippen molar-refractivity contribution in [1.82, 2.24) is 5.32 Å². The van der Waals surface area contributed by atoms with E-state index in [9.17, 15) is 9.59 Å². The minimum Gasteiger partial charge on any atom is -0.319 e. The highest BCUT2D eigenvalue weighted by Crippen LogP contribution is 2.44. The molecule has 1 N–H and O–H groups in total. The standard InChI is InChI=1S/C22H23NO2/c1-23-13-12-14-6-2-3-9-16(14)20-21(24)17-10-4-7-15-8-5-11-18(19(15)17)22(20)25/h2-4,6-7,9-10,18,20,23H,5,8,11-13H2,1H3. The largest absolute Gasteiger partial charge is 0.319 e. The van der Waals surface area contributed by atoms with Crippen LogP contribution in [0.15, 0.2) is 42.5 Å². The molecule has 0 saturated carbocycles. The minimum atomic E-state index is -0.640. The molecule has 2 aliphatic carbocycles. The Balaban J connectivity index is 1.83. The molecule has 2 aromatic carbocycles. The first-order chi connectivity index (χ1) is 12.2. The Morgan fingerprint density at radius 2 is 1.92 bits per heavy atom. The maximum absolute atomic E-state index is 13.3. The van der Waals surface area contributed by atoms with Crippen molar-refractivity contribution in [3.8, 4) is 0 Å². The van der Waals surface area contributed by atoms with Crippen LogP contribution in [-0.2, 0) is 17.6 Å². The number of aryl methyl sites for hydroxylation is 1. The van der Waals surface area contributed by atoms with E-state index in [-0.39, 0.29) is 17.5 Å². The average molecular weight is 333 g/mol. The van der Waals surface area contributed by atoms with E-state index in [0.717, 1.165) is 54.5 Å². The Kier molecular flexibility index (Phi) is 4.26. The van der Waals surface area contributed by atoms with E-state index in [0.29, 0.717) is 0 Å². The van der Waals surface area contributed by atoms with Gasteiger partial charge < -0.3 is 5.32 Å². The Bertz CT molecular complexity index is 840. The van der Waals surface area contributed by atoms with Gasteiger partial charge >= 0.3 is 0 Å². The molecule has 0 fully saturated rings. The summed E-state index contributed by atoms with van der Waals surface area (Å²) in [5, 5.41) is 3.15. The van der Waals surface area contributed by atoms with Crippen molar-refractivity contribution in [2.75, 3.05) is 13.6 Å².